The van der Waals surface area contributed by atoms with E-state index < -0.39 is 0 Å². The summed E-state index contributed by atoms with van der Waals surface area (Å²) in [6.45, 7) is 4.21. The van der Waals surface area contributed by atoms with Crippen molar-refractivity contribution in [1.82, 2.24) is 10.3 Å². The zero-order valence-electron chi connectivity index (χ0n) is 12.9. The molecule has 0 saturated carbocycles. The Kier molecular flexibility index (Phi) is 4.15. The molecule has 2 fully saturated rings. The molecule has 2 aromatic rings. The van der Waals surface area contributed by atoms with Crippen molar-refractivity contribution >= 4 is 38.3 Å². The van der Waals surface area contributed by atoms with Gasteiger partial charge in [-0.1, -0.05) is 11.3 Å². The number of hydrogen-bond donors (Lipinski definition) is 2. The van der Waals surface area contributed by atoms with Crippen molar-refractivity contribution in [2.24, 2.45) is 0 Å². The van der Waals surface area contributed by atoms with Crippen molar-refractivity contribution in [2.75, 3.05) is 43.1 Å². The predicted molar refractivity (Wildman–Crippen MR) is 92.3 cm³/mol. The number of fused-ring (bicyclic) bond motifs is 1. The Morgan fingerprint density at radius 3 is 3.04 bits per heavy atom. The van der Waals surface area contributed by atoms with Crippen LogP contribution in [0, 0.1) is 0 Å². The molecule has 4 rings (SSSR count). The topological polar surface area (TPSA) is 66.5 Å². The Morgan fingerprint density at radius 1 is 1.39 bits per heavy atom. The van der Waals surface area contributed by atoms with E-state index in [-0.39, 0.29) is 11.9 Å². The third-order valence-electron chi connectivity index (χ3n) is 4.30. The van der Waals surface area contributed by atoms with Gasteiger partial charge < -0.3 is 20.3 Å². The molecule has 2 saturated heterocycles. The number of rotatable bonds is 3. The highest BCUT2D eigenvalue weighted by molar-refractivity contribution is 7.22. The lowest BCUT2D eigenvalue weighted by Crippen LogP contribution is -2.36. The van der Waals surface area contributed by atoms with E-state index >= 15 is 0 Å². The molecule has 1 aromatic carbocycles. The van der Waals surface area contributed by atoms with E-state index in [1.807, 2.05) is 18.2 Å². The van der Waals surface area contributed by atoms with Gasteiger partial charge in [-0.25, -0.2) is 4.98 Å². The Morgan fingerprint density at radius 2 is 2.26 bits per heavy atom. The second-order valence-electron chi connectivity index (χ2n) is 5.92. The van der Waals surface area contributed by atoms with Crippen LogP contribution in [0.1, 0.15) is 12.8 Å². The van der Waals surface area contributed by atoms with Crippen LogP contribution in [0.5, 0.6) is 0 Å². The predicted octanol–water partition coefficient (Wildman–Crippen LogP) is 1.82. The molecule has 0 bridgehead atoms. The van der Waals surface area contributed by atoms with Crippen LogP contribution in [0.2, 0.25) is 0 Å². The average molecular weight is 332 g/mol. The zero-order valence-corrected chi connectivity index (χ0v) is 13.7. The van der Waals surface area contributed by atoms with Gasteiger partial charge in [0, 0.05) is 18.8 Å². The number of anilines is 2. The fraction of sp³-hybridized carbons (Fsp3) is 0.500. The van der Waals surface area contributed by atoms with Crippen molar-refractivity contribution < 1.29 is 9.53 Å². The number of benzene rings is 1. The molecule has 0 spiro atoms. The van der Waals surface area contributed by atoms with E-state index in [2.05, 4.69) is 15.5 Å². The molecule has 1 aromatic heterocycles. The van der Waals surface area contributed by atoms with Gasteiger partial charge in [0.2, 0.25) is 5.91 Å². The Bertz CT molecular complexity index is 705. The first kappa shape index (κ1) is 14.9. The van der Waals surface area contributed by atoms with Crippen LogP contribution in [0.25, 0.3) is 10.2 Å². The summed E-state index contributed by atoms with van der Waals surface area (Å²) in [5.41, 5.74) is 1.82. The van der Waals surface area contributed by atoms with Crippen LogP contribution in [0.3, 0.4) is 0 Å². The lowest BCUT2D eigenvalue weighted by atomic mass is 10.2. The smallest absolute Gasteiger partial charge is 0.241 e. The number of carbonyl (C=O) groups excluding carboxylic acids is 1. The fourth-order valence-electron chi connectivity index (χ4n) is 3.02. The van der Waals surface area contributed by atoms with E-state index in [9.17, 15) is 4.79 Å². The average Bonchev–Trinajstić information content (AvgIpc) is 3.25. The van der Waals surface area contributed by atoms with Crippen molar-refractivity contribution in [1.29, 1.82) is 0 Å². The number of thiazole rings is 1. The number of amides is 1. The van der Waals surface area contributed by atoms with Crippen molar-refractivity contribution in [3.05, 3.63) is 18.2 Å². The third kappa shape index (κ3) is 3.17. The van der Waals surface area contributed by atoms with Gasteiger partial charge in [-0.15, -0.1) is 0 Å². The molecule has 1 amide bonds. The molecule has 3 heterocycles. The fourth-order valence-corrected chi connectivity index (χ4v) is 4.07. The van der Waals surface area contributed by atoms with Crippen molar-refractivity contribution in [3.63, 3.8) is 0 Å². The minimum Gasteiger partial charge on any atom is -0.378 e. The van der Waals surface area contributed by atoms with Crippen LogP contribution in [0.4, 0.5) is 10.8 Å². The minimum absolute atomic E-state index is 0.0553. The highest BCUT2D eigenvalue weighted by atomic mass is 32.1. The standard InChI is InChI=1S/C16H20N4O2S/c21-15(13-2-1-5-17-13)18-11-3-4-12-14(10-11)23-16(19-12)20-6-8-22-9-7-20/h3-4,10,13,17H,1-2,5-9H2,(H,18,21). The van der Waals surface area contributed by atoms with Crippen molar-refractivity contribution in [2.45, 2.75) is 18.9 Å². The largest absolute Gasteiger partial charge is 0.378 e. The van der Waals surface area contributed by atoms with Gasteiger partial charge in [0.15, 0.2) is 5.13 Å². The van der Waals surface area contributed by atoms with Crippen LogP contribution < -0.4 is 15.5 Å². The molecule has 6 nitrogen and oxygen atoms in total. The molecule has 122 valence electrons. The van der Waals surface area contributed by atoms with E-state index in [0.29, 0.717) is 0 Å². The number of aromatic nitrogens is 1. The number of carbonyl (C=O) groups is 1. The third-order valence-corrected chi connectivity index (χ3v) is 5.38. The molecule has 2 aliphatic rings. The van der Waals surface area contributed by atoms with Crippen LogP contribution in [0.15, 0.2) is 18.2 Å². The quantitative estimate of drug-likeness (QED) is 0.897. The molecule has 7 heteroatoms. The van der Waals surface area contributed by atoms with E-state index in [0.717, 1.165) is 66.7 Å². The highest BCUT2D eigenvalue weighted by Crippen LogP contribution is 2.31. The molecule has 1 unspecified atom stereocenters. The van der Waals surface area contributed by atoms with Crippen LogP contribution in [-0.2, 0) is 9.53 Å². The van der Waals surface area contributed by atoms with Gasteiger partial charge >= 0.3 is 0 Å². The summed E-state index contributed by atoms with van der Waals surface area (Å²) >= 11 is 1.67. The first-order valence-corrected chi connectivity index (χ1v) is 8.89. The SMILES string of the molecule is O=C(Nc1ccc2nc(N3CCOCC3)sc2c1)C1CCCN1. The number of morpholine rings is 1. The molecule has 2 aliphatic heterocycles. The molecule has 0 aliphatic carbocycles. The molecular formula is C16H20N4O2S. The molecule has 1 atom stereocenters. The first-order valence-electron chi connectivity index (χ1n) is 8.07. The number of ether oxygens (including phenoxy) is 1. The van der Waals surface area contributed by atoms with Gasteiger partial charge in [-0.05, 0) is 37.6 Å². The summed E-state index contributed by atoms with van der Waals surface area (Å²) in [5, 5.41) is 7.26. The summed E-state index contributed by atoms with van der Waals surface area (Å²) in [5.74, 6) is 0.0553. The maximum Gasteiger partial charge on any atom is 0.241 e. The van der Waals surface area contributed by atoms with Gasteiger partial charge in [-0.3, -0.25) is 4.79 Å². The van der Waals surface area contributed by atoms with Crippen molar-refractivity contribution in [3.8, 4) is 0 Å². The van der Waals surface area contributed by atoms with E-state index in [1.165, 1.54) is 0 Å². The summed E-state index contributed by atoms with van der Waals surface area (Å²) in [6, 6.07) is 5.87. The Hall–Kier alpha value is -1.70. The highest BCUT2D eigenvalue weighted by Gasteiger charge is 2.22. The lowest BCUT2D eigenvalue weighted by molar-refractivity contribution is -0.117. The summed E-state index contributed by atoms with van der Waals surface area (Å²) < 4.78 is 6.49. The second-order valence-corrected chi connectivity index (χ2v) is 6.93. The van der Waals surface area contributed by atoms with Gasteiger partial charge in [-0.2, -0.15) is 0 Å². The normalized spacial score (nSPS) is 21.7. The van der Waals surface area contributed by atoms with Crippen LogP contribution in [-0.4, -0.2) is 49.8 Å². The maximum absolute atomic E-state index is 12.2. The molecular weight excluding hydrogens is 312 g/mol. The van der Waals surface area contributed by atoms with Gasteiger partial charge in [0.25, 0.3) is 0 Å². The lowest BCUT2D eigenvalue weighted by Gasteiger charge is -2.25. The molecule has 23 heavy (non-hydrogen) atoms. The van der Waals surface area contributed by atoms with E-state index in [1.54, 1.807) is 11.3 Å². The van der Waals surface area contributed by atoms with E-state index in [4.69, 9.17) is 9.72 Å². The maximum atomic E-state index is 12.2. The minimum atomic E-state index is -0.0592. The van der Waals surface area contributed by atoms with Crippen LogP contribution >= 0.6 is 11.3 Å². The van der Waals surface area contributed by atoms with Gasteiger partial charge in [0.1, 0.15) is 0 Å². The number of hydrogen-bond acceptors (Lipinski definition) is 6. The Labute approximate surface area is 138 Å². The number of nitrogens with zero attached hydrogens (tertiary/aromatic N) is 2. The number of nitrogens with one attached hydrogen (secondary N) is 2. The second kappa shape index (κ2) is 6.43. The first-order chi connectivity index (χ1) is 11.3. The molecule has 2 N–H and O–H groups in total. The Balaban J connectivity index is 1.51. The zero-order chi connectivity index (χ0) is 15.6. The monoisotopic (exact) mass is 332 g/mol. The summed E-state index contributed by atoms with van der Waals surface area (Å²) in [7, 11) is 0. The summed E-state index contributed by atoms with van der Waals surface area (Å²) in [6.07, 6.45) is 1.98. The van der Waals surface area contributed by atoms with Gasteiger partial charge in [0.05, 0.1) is 29.5 Å². The summed E-state index contributed by atoms with van der Waals surface area (Å²) in [4.78, 5) is 19.2. The molecule has 0 radical (unpaired) electrons.